The standard InChI is InChI=1S/C28H40N2O6S/c1-20(2)30(28(31)22-12-13-25(35-4)26(16-22)36-15-9-14-34-3)19-23-17-29-18-24(23)27(37(5,32)33)21-10-7-6-8-11-21/h6-8,10-13,16,20,23-24,27,29H,9,14-15,17-19H2,1-5H3/t23-,24-,27?/m0/s1. The van der Waals surface area contributed by atoms with Crippen molar-refractivity contribution in [3.05, 3.63) is 59.7 Å². The van der Waals surface area contributed by atoms with Crippen LogP contribution in [0.5, 0.6) is 11.5 Å². The molecule has 8 nitrogen and oxygen atoms in total. The van der Waals surface area contributed by atoms with Crippen molar-refractivity contribution >= 4 is 15.7 Å². The molecule has 3 rings (SSSR count). The van der Waals surface area contributed by atoms with Gasteiger partial charge in [0.15, 0.2) is 21.3 Å². The highest BCUT2D eigenvalue weighted by Crippen LogP contribution is 2.37. The van der Waals surface area contributed by atoms with E-state index >= 15 is 0 Å². The zero-order valence-corrected chi connectivity index (χ0v) is 23.3. The third-order valence-electron chi connectivity index (χ3n) is 6.85. The number of nitrogens with zero attached hydrogens (tertiary/aromatic N) is 1. The van der Waals surface area contributed by atoms with Crippen molar-refractivity contribution in [1.29, 1.82) is 0 Å². The number of ether oxygens (including phenoxy) is 3. The second-order valence-electron chi connectivity index (χ2n) is 9.85. The maximum Gasteiger partial charge on any atom is 0.254 e. The van der Waals surface area contributed by atoms with E-state index in [2.05, 4.69) is 5.32 Å². The van der Waals surface area contributed by atoms with Crippen LogP contribution in [0.2, 0.25) is 0 Å². The number of hydrogen-bond donors (Lipinski definition) is 1. The Labute approximate surface area is 221 Å². The summed E-state index contributed by atoms with van der Waals surface area (Å²) in [6.45, 7) is 6.66. The third kappa shape index (κ3) is 7.46. The Morgan fingerprint density at radius 1 is 1.05 bits per heavy atom. The molecule has 1 aliphatic rings. The van der Waals surface area contributed by atoms with E-state index in [0.717, 1.165) is 12.0 Å². The summed E-state index contributed by atoms with van der Waals surface area (Å²) < 4.78 is 42.2. The Hall–Kier alpha value is -2.62. The summed E-state index contributed by atoms with van der Waals surface area (Å²) in [5.41, 5.74) is 1.29. The molecule has 3 atom stereocenters. The van der Waals surface area contributed by atoms with Gasteiger partial charge in [-0.25, -0.2) is 8.42 Å². The van der Waals surface area contributed by atoms with Crippen LogP contribution in [-0.4, -0.2) is 78.6 Å². The van der Waals surface area contributed by atoms with E-state index < -0.39 is 15.1 Å². The van der Waals surface area contributed by atoms with Crippen molar-refractivity contribution in [3.63, 3.8) is 0 Å². The normalized spacial score (nSPS) is 18.5. The molecule has 0 saturated carbocycles. The number of nitrogens with one attached hydrogen (secondary N) is 1. The minimum atomic E-state index is -3.37. The molecule has 0 spiro atoms. The van der Waals surface area contributed by atoms with Gasteiger partial charge in [-0.3, -0.25) is 4.79 Å². The van der Waals surface area contributed by atoms with Gasteiger partial charge in [0.25, 0.3) is 5.91 Å². The van der Waals surface area contributed by atoms with Crippen LogP contribution >= 0.6 is 0 Å². The highest BCUT2D eigenvalue weighted by atomic mass is 32.2. The van der Waals surface area contributed by atoms with Gasteiger partial charge < -0.3 is 24.4 Å². The molecule has 0 aliphatic carbocycles. The fraction of sp³-hybridized carbons (Fsp3) is 0.536. The molecule has 1 fully saturated rings. The van der Waals surface area contributed by atoms with E-state index in [1.165, 1.54) is 6.26 Å². The van der Waals surface area contributed by atoms with Crippen LogP contribution in [0, 0.1) is 11.8 Å². The Balaban J connectivity index is 1.84. The van der Waals surface area contributed by atoms with Crippen LogP contribution < -0.4 is 14.8 Å². The molecule has 37 heavy (non-hydrogen) atoms. The minimum Gasteiger partial charge on any atom is -0.493 e. The summed E-state index contributed by atoms with van der Waals surface area (Å²) in [7, 11) is -0.163. The average Bonchev–Trinajstić information content (AvgIpc) is 3.31. The fourth-order valence-corrected chi connectivity index (χ4v) is 6.62. The van der Waals surface area contributed by atoms with Crippen LogP contribution in [0.3, 0.4) is 0 Å². The van der Waals surface area contributed by atoms with Crippen LogP contribution in [0.15, 0.2) is 48.5 Å². The Bertz CT molecular complexity index is 1120. The highest BCUT2D eigenvalue weighted by Gasteiger charge is 2.41. The largest absolute Gasteiger partial charge is 0.493 e. The minimum absolute atomic E-state index is 0.0192. The van der Waals surface area contributed by atoms with E-state index in [4.69, 9.17) is 14.2 Å². The van der Waals surface area contributed by atoms with Gasteiger partial charge in [-0.1, -0.05) is 30.3 Å². The summed E-state index contributed by atoms with van der Waals surface area (Å²) in [6.07, 6.45) is 2.02. The van der Waals surface area contributed by atoms with Crippen molar-refractivity contribution in [3.8, 4) is 11.5 Å². The predicted octanol–water partition coefficient (Wildman–Crippen LogP) is 3.58. The van der Waals surface area contributed by atoms with Gasteiger partial charge in [-0.15, -0.1) is 0 Å². The molecule has 204 valence electrons. The maximum absolute atomic E-state index is 13.7. The number of rotatable bonds is 13. The first-order valence-electron chi connectivity index (χ1n) is 12.7. The lowest BCUT2D eigenvalue weighted by molar-refractivity contribution is 0.0660. The van der Waals surface area contributed by atoms with E-state index in [1.54, 1.807) is 32.4 Å². The van der Waals surface area contributed by atoms with E-state index in [-0.39, 0.29) is 23.8 Å². The molecule has 1 aliphatic heterocycles. The molecular formula is C28H40N2O6S. The van der Waals surface area contributed by atoms with E-state index in [1.807, 2.05) is 49.1 Å². The lowest BCUT2D eigenvalue weighted by atomic mass is 9.88. The molecule has 0 radical (unpaired) electrons. The summed E-state index contributed by atoms with van der Waals surface area (Å²) >= 11 is 0. The van der Waals surface area contributed by atoms with Crippen LogP contribution in [0.25, 0.3) is 0 Å². The first-order chi connectivity index (χ1) is 17.7. The SMILES string of the molecule is COCCCOc1cc(C(=O)N(C[C@@H]2CNC[C@@H]2C(c2ccccc2)S(C)(=O)=O)C(C)C)ccc1OC. The molecule has 1 amide bonds. The number of hydrogen-bond acceptors (Lipinski definition) is 7. The van der Waals surface area contributed by atoms with Crippen molar-refractivity contribution < 1.29 is 27.4 Å². The summed E-state index contributed by atoms with van der Waals surface area (Å²) in [4.78, 5) is 15.5. The summed E-state index contributed by atoms with van der Waals surface area (Å²) in [6, 6.07) is 14.5. The molecule has 1 N–H and O–H groups in total. The van der Waals surface area contributed by atoms with Gasteiger partial charge in [0.1, 0.15) is 0 Å². The zero-order chi connectivity index (χ0) is 27.0. The zero-order valence-electron chi connectivity index (χ0n) is 22.5. The highest BCUT2D eigenvalue weighted by molar-refractivity contribution is 7.90. The lowest BCUT2D eigenvalue weighted by Gasteiger charge is -2.34. The van der Waals surface area contributed by atoms with Gasteiger partial charge in [0.2, 0.25) is 0 Å². The molecule has 2 aromatic rings. The summed E-state index contributed by atoms with van der Waals surface area (Å²) in [5.74, 6) is 0.774. The molecular weight excluding hydrogens is 492 g/mol. The van der Waals surface area contributed by atoms with E-state index in [0.29, 0.717) is 49.9 Å². The number of benzene rings is 2. The molecule has 9 heteroatoms. The average molecular weight is 533 g/mol. The van der Waals surface area contributed by atoms with Gasteiger partial charge in [-0.2, -0.15) is 0 Å². The van der Waals surface area contributed by atoms with Gasteiger partial charge in [0.05, 0.1) is 19.0 Å². The first-order valence-corrected chi connectivity index (χ1v) is 14.7. The second-order valence-corrected chi connectivity index (χ2v) is 12.0. The molecule has 1 saturated heterocycles. The summed E-state index contributed by atoms with van der Waals surface area (Å²) in [5, 5.41) is 2.74. The third-order valence-corrected chi connectivity index (χ3v) is 8.39. The number of methoxy groups -OCH3 is 2. The van der Waals surface area contributed by atoms with Gasteiger partial charge in [0, 0.05) is 51.1 Å². The first kappa shape index (κ1) is 28.9. The van der Waals surface area contributed by atoms with E-state index in [9.17, 15) is 13.2 Å². The van der Waals surface area contributed by atoms with Gasteiger partial charge in [-0.05, 0) is 56.0 Å². The Kier molecular flexibility index (Phi) is 10.4. The van der Waals surface area contributed by atoms with Gasteiger partial charge >= 0.3 is 0 Å². The van der Waals surface area contributed by atoms with Crippen LogP contribution in [0.1, 0.15) is 41.4 Å². The number of carbonyl (C=O) groups is 1. The molecule has 1 unspecified atom stereocenters. The number of amides is 1. The number of carbonyl (C=O) groups excluding carboxylic acids is 1. The quantitative estimate of drug-likeness (QED) is 0.394. The molecule has 2 aromatic carbocycles. The van der Waals surface area contributed by atoms with Crippen molar-refractivity contribution in [2.75, 3.05) is 53.3 Å². The predicted molar refractivity (Wildman–Crippen MR) is 145 cm³/mol. The topological polar surface area (TPSA) is 94.2 Å². The van der Waals surface area contributed by atoms with Crippen molar-refractivity contribution in [2.24, 2.45) is 11.8 Å². The molecule has 0 aromatic heterocycles. The van der Waals surface area contributed by atoms with Crippen molar-refractivity contribution in [2.45, 2.75) is 31.6 Å². The second kappa shape index (κ2) is 13.3. The number of sulfone groups is 1. The monoisotopic (exact) mass is 532 g/mol. The van der Waals surface area contributed by atoms with Crippen molar-refractivity contribution in [1.82, 2.24) is 10.2 Å². The fourth-order valence-electron chi connectivity index (χ4n) is 5.02. The lowest BCUT2D eigenvalue weighted by Crippen LogP contribution is -2.43. The Morgan fingerprint density at radius 2 is 1.78 bits per heavy atom. The van der Waals surface area contributed by atoms with Crippen LogP contribution in [0.4, 0.5) is 0 Å². The van der Waals surface area contributed by atoms with Crippen LogP contribution in [-0.2, 0) is 14.6 Å². The Morgan fingerprint density at radius 3 is 2.41 bits per heavy atom. The molecule has 0 bridgehead atoms. The molecule has 1 heterocycles. The maximum atomic E-state index is 13.7. The smallest absolute Gasteiger partial charge is 0.254 e.